The first-order valence-electron chi connectivity index (χ1n) is 8.73. The van der Waals surface area contributed by atoms with Gasteiger partial charge >= 0.3 is 0 Å². The maximum absolute atomic E-state index is 12.0. The number of anilines is 1. The van der Waals surface area contributed by atoms with Crippen LogP contribution in [0.1, 0.15) is 37.9 Å². The van der Waals surface area contributed by atoms with Gasteiger partial charge in [-0.3, -0.25) is 4.79 Å². The summed E-state index contributed by atoms with van der Waals surface area (Å²) in [5, 5.41) is 9.36. The van der Waals surface area contributed by atoms with Crippen molar-refractivity contribution in [3.05, 3.63) is 40.7 Å². The van der Waals surface area contributed by atoms with Gasteiger partial charge in [0.2, 0.25) is 17.6 Å². The molecule has 0 radical (unpaired) electrons. The number of nitrogens with one attached hydrogen (secondary N) is 1. The summed E-state index contributed by atoms with van der Waals surface area (Å²) >= 11 is 1.38. The molecule has 1 amide bonds. The van der Waals surface area contributed by atoms with Gasteiger partial charge in [-0.05, 0) is 23.8 Å². The van der Waals surface area contributed by atoms with Crippen LogP contribution in [0.4, 0.5) is 5.13 Å². The van der Waals surface area contributed by atoms with Crippen molar-refractivity contribution in [3.63, 3.8) is 0 Å². The molecule has 27 heavy (non-hydrogen) atoms. The number of amides is 1. The smallest absolute Gasteiger partial charge is 0.233 e. The van der Waals surface area contributed by atoms with Crippen molar-refractivity contribution < 1.29 is 14.1 Å². The second kappa shape index (κ2) is 6.77. The zero-order valence-corrected chi connectivity index (χ0v) is 16.2. The van der Waals surface area contributed by atoms with Crippen LogP contribution in [0.25, 0.3) is 11.4 Å². The first-order valence-corrected chi connectivity index (χ1v) is 9.61. The topological polar surface area (TPSA) is 90.1 Å². The number of fused-ring (bicyclic) bond motifs is 1. The first kappa shape index (κ1) is 17.7. The zero-order chi connectivity index (χ0) is 19.0. The average molecular weight is 384 g/mol. The molecule has 0 spiro atoms. The number of nitrogens with zero attached hydrogens (tertiary/aromatic N) is 3. The molecule has 7 nitrogen and oxygen atoms in total. The SMILES string of the molecule is CC(C)(C)C(=O)Nc1nc(Cc2nc(-c3ccc4c(c3)CCO4)no2)cs1. The number of rotatable bonds is 4. The highest BCUT2D eigenvalue weighted by Gasteiger charge is 2.22. The lowest BCUT2D eigenvalue weighted by Gasteiger charge is -2.15. The second-order valence-electron chi connectivity index (χ2n) is 7.46. The summed E-state index contributed by atoms with van der Waals surface area (Å²) in [6, 6.07) is 5.92. The van der Waals surface area contributed by atoms with Crippen molar-refractivity contribution in [1.82, 2.24) is 15.1 Å². The van der Waals surface area contributed by atoms with E-state index in [1.165, 1.54) is 11.3 Å². The van der Waals surface area contributed by atoms with E-state index in [9.17, 15) is 4.79 Å². The minimum absolute atomic E-state index is 0.0657. The van der Waals surface area contributed by atoms with Gasteiger partial charge in [0.05, 0.1) is 18.7 Å². The molecule has 0 saturated carbocycles. The van der Waals surface area contributed by atoms with Gasteiger partial charge < -0.3 is 14.6 Å². The minimum atomic E-state index is -0.464. The summed E-state index contributed by atoms with van der Waals surface area (Å²) < 4.78 is 10.9. The molecule has 140 valence electrons. The highest BCUT2D eigenvalue weighted by molar-refractivity contribution is 7.13. The normalized spacial score (nSPS) is 13.3. The molecule has 4 rings (SSSR count). The Labute approximate surface area is 160 Å². The van der Waals surface area contributed by atoms with Crippen molar-refractivity contribution in [1.29, 1.82) is 0 Å². The Bertz CT molecular complexity index is 987. The van der Waals surface area contributed by atoms with E-state index in [2.05, 4.69) is 20.4 Å². The lowest BCUT2D eigenvalue weighted by molar-refractivity contribution is -0.123. The fourth-order valence-corrected chi connectivity index (χ4v) is 3.36. The molecule has 0 atom stereocenters. The summed E-state index contributed by atoms with van der Waals surface area (Å²) in [6.45, 7) is 6.31. The zero-order valence-electron chi connectivity index (χ0n) is 15.4. The van der Waals surface area contributed by atoms with E-state index >= 15 is 0 Å². The molecule has 0 fully saturated rings. The molecule has 1 aliphatic heterocycles. The van der Waals surface area contributed by atoms with Crippen molar-refractivity contribution in [2.75, 3.05) is 11.9 Å². The molecule has 0 unspecified atom stereocenters. The molecule has 0 aliphatic carbocycles. The Morgan fingerprint density at radius 3 is 2.96 bits per heavy atom. The fourth-order valence-electron chi connectivity index (χ4n) is 2.65. The minimum Gasteiger partial charge on any atom is -0.493 e. The molecule has 3 heterocycles. The van der Waals surface area contributed by atoms with Gasteiger partial charge in [-0.15, -0.1) is 11.3 Å². The van der Waals surface area contributed by atoms with E-state index in [1.54, 1.807) is 0 Å². The largest absolute Gasteiger partial charge is 0.493 e. The maximum Gasteiger partial charge on any atom is 0.233 e. The summed E-state index contributed by atoms with van der Waals surface area (Å²) in [5.41, 5.74) is 2.39. The third-order valence-electron chi connectivity index (χ3n) is 4.20. The van der Waals surface area contributed by atoms with Crippen molar-refractivity contribution in [2.45, 2.75) is 33.6 Å². The van der Waals surface area contributed by atoms with E-state index in [0.29, 0.717) is 29.9 Å². The van der Waals surface area contributed by atoms with Gasteiger partial charge in [0.15, 0.2) is 5.13 Å². The Kier molecular flexibility index (Phi) is 4.43. The molecule has 1 N–H and O–H groups in total. The van der Waals surface area contributed by atoms with Crippen molar-refractivity contribution >= 4 is 22.4 Å². The fraction of sp³-hybridized carbons (Fsp3) is 0.368. The number of carbonyl (C=O) groups is 1. The molecule has 1 aromatic carbocycles. The Morgan fingerprint density at radius 2 is 2.15 bits per heavy atom. The van der Waals surface area contributed by atoms with Crippen LogP contribution in [0, 0.1) is 5.41 Å². The molecule has 2 aromatic heterocycles. The first-order chi connectivity index (χ1) is 12.9. The number of hydrogen-bond donors (Lipinski definition) is 1. The van der Waals surface area contributed by atoms with Crippen LogP contribution in [-0.4, -0.2) is 27.6 Å². The number of hydrogen-bond acceptors (Lipinski definition) is 7. The van der Waals surface area contributed by atoms with Crippen LogP contribution in [0.15, 0.2) is 28.1 Å². The molecule has 0 saturated heterocycles. The Morgan fingerprint density at radius 1 is 1.30 bits per heavy atom. The van der Waals surface area contributed by atoms with E-state index in [0.717, 1.165) is 29.0 Å². The van der Waals surface area contributed by atoms with Crippen LogP contribution in [0.5, 0.6) is 5.75 Å². The van der Waals surface area contributed by atoms with Crippen LogP contribution >= 0.6 is 11.3 Å². The van der Waals surface area contributed by atoms with Gasteiger partial charge in [-0.1, -0.05) is 25.9 Å². The Balaban J connectivity index is 1.45. The average Bonchev–Trinajstić information content (AvgIpc) is 3.34. The highest BCUT2D eigenvalue weighted by atomic mass is 32.1. The molecule has 1 aliphatic rings. The van der Waals surface area contributed by atoms with E-state index in [4.69, 9.17) is 9.26 Å². The molecule has 8 heteroatoms. The molecule has 3 aromatic rings. The molecule has 0 bridgehead atoms. The van der Waals surface area contributed by atoms with Crippen LogP contribution in [-0.2, 0) is 17.6 Å². The molecular weight excluding hydrogens is 364 g/mol. The lowest BCUT2D eigenvalue weighted by atomic mass is 9.96. The molecular formula is C19H20N4O3S. The van der Waals surface area contributed by atoms with E-state index in [1.807, 2.05) is 44.4 Å². The number of aromatic nitrogens is 3. The standard InChI is InChI=1S/C19H20N4O3S/c1-19(2,3)17(24)22-18-20-13(10-27-18)9-15-21-16(23-26-15)12-4-5-14-11(8-12)6-7-25-14/h4-5,8,10H,6-7,9H2,1-3H3,(H,20,22,24). The number of thiazole rings is 1. The van der Waals surface area contributed by atoms with Crippen molar-refractivity contribution in [2.24, 2.45) is 5.41 Å². The van der Waals surface area contributed by atoms with Gasteiger partial charge in [0.25, 0.3) is 0 Å². The summed E-state index contributed by atoms with van der Waals surface area (Å²) in [6.07, 6.45) is 1.32. The predicted molar refractivity (Wildman–Crippen MR) is 102 cm³/mol. The summed E-state index contributed by atoms with van der Waals surface area (Å²) in [4.78, 5) is 20.9. The Hall–Kier alpha value is -2.74. The van der Waals surface area contributed by atoms with Crippen LogP contribution in [0.2, 0.25) is 0 Å². The van der Waals surface area contributed by atoms with Gasteiger partial charge in [-0.2, -0.15) is 4.98 Å². The monoisotopic (exact) mass is 384 g/mol. The summed E-state index contributed by atoms with van der Waals surface area (Å²) in [5.74, 6) is 1.90. The number of benzene rings is 1. The van der Waals surface area contributed by atoms with Gasteiger partial charge in [-0.25, -0.2) is 4.98 Å². The quantitative estimate of drug-likeness (QED) is 0.738. The van der Waals surface area contributed by atoms with Crippen LogP contribution < -0.4 is 10.1 Å². The number of ether oxygens (including phenoxy) is 1. The highest BCUT2D eigenvalue weighted by Crippen LogP contribution is 2.29. The predicted octanol–water partition coefficient (Wildman–Crippen LogP) is 3.70. The third-order valence-corrected chi connectivity index (χ3v) is 5.01. The van der Waals surface area contributed by atoms with Crippen LogP contribution in [0.3, 0.4) is 0 Å². The summed E-state index contributed by atoms with van der Waals surface area (Å²) in [7, 11) is 0. The third kappa shape index (κ3) is 3.85. The van der Waals surface area contributed by atoms with E-state index < -0.39 is 5.41 Å². The van der Waals surface area contributed by atoms with E-state index in [-0.39, 0.29) is 5.91 Å². The lowest BCUT2D eigenvalue weighted by Crippen LogP contribution is -2.27. The number of carbonyl (C=O) groups excluding carboxylic acids is 1. The second-order valence-corrected chi connectivity index (χ2v) is 8.32. The van der Waals surface area contributed by atoms with Gasteiger partial charge in [0, 0.05) is 22.8 Å². The maximum atomic E-state index is 12.0. The van der Waals surface area contributed by atoms with Crippen molar-refractivity contribution in [3.8, 4) is 17.1 Å². The van der Waals surface area contributed by atoms with Gasteiger partial charge in [0.1, 0.15) is 5.75 Å².